The van der Waals surface area contributed by atoms with Crippen LogP contribution in [0.2, 0.25) is 0 Å². The lowest BCUT2D eigenvalue weighted by molar-refractivity contribution is 0.0773. The third-order valence-corrected chi connectivity index (χ3v) is 7.97. The number of carbonyl (C=O) groups excluding carboxylic acids is 1. The number of nitrogens with zero attached hydrogens (tertiary/aromatic N) is 3. The highest BCUT2D eigenvalue weighted by Gasteiger charge is 2.42. The molecule has 2 aliphatic heterocycles. The van der Waals surface area contributed by atoms with Crippen molar-refractivity contribution in [2.24, 2.45) is 0 Å². The van der Waals surface area contributed by atoms with E-state index in [1.54, 1.807) is 0 Å². The molecule has 2 bridgehead atoms. The number of unbranched alkanes of at least 4 members (excludes halogenated alkanes) is 3. The molecule has 0 saturated carbocycles. The second-order valence-electron chi connectivity index (χ2n) is 10.0. The Morgan fingerprint density at radius 3 is 2.03 bits per heavy atom. The first-order valence-electron chi connectivity index (χ1n) is 13.7. The monoisotopic (exact) mass is 461 g/mol. The van der Waals surface area contributed by atoms with E-state index in [9.17, 15) is 4.79 Å². The van der Waals surface area contributed by atoms with Crippen LogP contribution in [0.5, 0.6) is 0 Å². The van der Waals surface area contributed by atoms with Gasteiger partial charge in [-0.05, 0) is 88.9 Å². The zero-order chi connectivity index (χ0) is 23.9. The van der Waals surface area contributed by atoms with Gasteiger partial charge in [0.25, 0.3) is 5.91 Å². The number of amides is 1. The first kappa shape index (κ1) is 24.8. The Morgan fingerprint density at radius 1 is 0.824 bits per heavy atom. The zero-order valence-electron chi connectivity index (χ0n) is 21.5. The van der Waals surface area contributed by atoms with Gasteiger partial charge in [-0.25, -0.2) is 0 Å². The lowest BCUT2D eigenvalue weighted by Crippen LogP contribution is -2.49. The van der Waals surface area contributed by atoms with Crippen molar-refractivity contribution in [3.63, 3.8) is 0 Å². The lowest BCUT2D eigenvalue weighted by Gasteiger charge is -2.44. The van der Waals surface area contributed by atoms with Crippen molar-refractivity contribution >= 4 is 17.3 Å². The largest absolute Gasteiger partial charge is 0.339 e. The van der Waals surface area contributed by atoms with E-state index in [4.69, 9.17) is 0 Å². The number of carbonyl (C=O) groups is 1. The fourth-order valence-electron chi connectivity index (χ4n) is 6.16. The maximum absolute atomic E-state index is 12.8. The fraction of sp³-hybridized carbons (Fsp3) is 0.567. The van der Waals surface area contributed by atoms with Gasteiger partial charge < -0.3 is 9.80 Å². The van der Waals surface area contributed by atoms with Crippen LogP contribution in [-0.2, 0) is 0 Å². The van der Waals surface area contributed by atoms with Crippen molar-refractivity contribution < 1.29 is 4.79 Å². The Balaban J connectivity index is 1.53. The minimum absolute atomic E-state index is 0.122. The molecule has 2 fully saturated rings. The predicted molar refractivity (Wildman–Crippen MR) is 143 cm³/mol. The number of hydrogen-bond acceptors (Lipinski definition) is 3. The van der Waals surface area contributed by atoms with Crippen LogP contribution >= 0.6 is 0 Å². The van der Waals surface area contributed by atoms with Crippen molar-refractivity contribution in [2.75, 3.05) is 24.5 Å². The van der Waals surface area contributed by atoms with Gasteiger partial charge in [-0.2, -0.15) is 0 Å². The summed E-state index contributed by atoms with van der Waals surface area (Å²) in [5, 5.41) is 0. The smallest absolute Gasteiger partial charge is 0.253 e. The van der Waals surface area contributed by atoms with E-state index < -0.39 is 0 Å². The maximum atomic E-state index is 12.8. The summed E-state index contributed by atoms with van der Waals surface area (Å²) < 4.78 is 0. The second-order valence-corrected chi connectivity index (χ2v) is 10.0. The molecule has 1 unspecified atom stereocenters. The molecule has 0 radical (unpaired) electrons. The van der Waals surface area contributed by atoms with E-state index in [0.717, 1.165) is 18.7 Å². The van der Waals surface area contributed by atoms with E-state index in [1.165, 1.54) is 69.3 Å². The molecule has 1 amide bonds. The Bertz CT molecular complexity index is 879. The molecule has 4 rings (SSSR count). The van der Waals surface area contributed by atoms with Crippen LogP contribution in [0.15, 0.2) is 54.6 Å². The highest BCUT2D eigenvalue weighted by atomic mass is 16.2. The van der Waals surface area contributed by atoms with E-state index >= 15 is 0 Å². The van der Waals surface area contributed by atoms with Crippen molar-refractivity contribution in [3.05, 3.63) is 60.2 Å². The molecule has 2 saturated heterocycles. The van der Waals surface area contributed by atoms with Crippen LogP contribution in [-0.4, -0.2) is 53.5 Å². The van der Waals surface area contributed by atoms with Crippen LogP contribution in [0.1, 0.15) is 82.5 Å². The number of anilines is 2. The normalized spacial score (nSPS) is 22.0. The highest BCUT2D eigenvalue weighted by Crippen LogP contribution is 2.41. The SMILES string of the molecule is CCCCCCN1[C@@H]2CC[C@H]1CC(N(c1ccccc1)c1ccc(C(=O)N(CC)CC)cc1)C2. The molecule has 2 aliphatic rings. The molecular formula is C30H43N3O. The van der Waals surface area contributed by atoms with Crippen molar-refractivity contribution in [1.29, 1.82) is 0 Å². The number of fused-ring (bicyclic) bond motifs is 2. The van der Waals surface area contributed by atoms with Gasteiger partial charge in [-0.15, -0.1) is 0 Å². The molecule has 2 heterocycles. The Hall–Kier alpha value is -2.33. The number of rotatable bonds is 11. The Kier molecular flexibility index (Phi) is 8.66. The standard InChI is InChI=1S/C30H43N3O/c1-4-7-8-12-21-32-27-19-20-28(32)23-29(22-27)33(25-13-10-9-11-14-25)26-17-15-24(16-18-26)30(34)31(5-2)6-3/h9-11,13-18,27-29H,4-8,12,19-23H2,1-3H3/t27-,28+,29?. The third-order valence-electron chi connectivity index (χ3n) is 7.97. The number of piperidine rings is 1. The molecule has 0 spiro atoms. The lowest BCUT2D eigenvalue weighted by atomic mass is 9.94. The molecule has 34 heavy (non-hydrogen) atoms. The van der Waals surface area contributed by atoms with Gasteiger partial charge in [-0.3, -0.25) is 9.69 Å². The molecule has 0 aliphatic carbocycles. The first-order chi connectivity index (χ1) is 16.7. The number of benzene rings is 2. The van der Waals surface area contributed by atoms with Crippen LogP contribution in [0.4, 0.5) is 11.4 Å². The maximum Gasteiger partial charge on any atom is 0.253 e. The summed E-state index contributed by atoms with van der Waals surface area (Å²) in [7, 11) is 0. The number of hydrogen-bond donors (Lipinski definition) is 0. The van der Waals surface area contributed by atoms with E-state index in [-0.39, 0.29) is 5.91 Å². The minimum atomic E-state index is 0.122. The molecule has 2 aromatic carbocycles. The minimum Gasteiger partial charge on any atom is -0.339 e. The van der Waals surface area contributed by atoms with Gasteiger partial charge in [0.1, 0.15) is 0 Å². The predicted octanol–water partition coefficient (Wildman–Crippen LogP) is 6.88. The summed E-state index contributed by atoms with van der Waals surface area (Å²) in [6, 6.07) is 21.1. The Labute approximate surface area is 206 Å². The molecule has 2 aromatic rings. The highest BCUT2D eigenvalue weighted by molar-refractivity contribution is 5.94. The summed E-state index contributed by atoms with van der Waals surface area (Å²) in [4.78, 5) is 20.1. The van der Waals surface area contributed by atoms with Crippen molar-refractivity contribution in [1.82, 2.24) is 9.80 Å². The second kappa shape index (κ2) is 11.9. The zero-order valence-corrected chi connectivity index (χ0v) is 21.5. The summed E-state index contributed by atoms with van der Waals surface area (Å²) in [5.74, 6) is 0.122. The van der Waals surface area contributed by atoms with Crippen LogP contribution in [0.3, 0.4) is 0 Å². The van der Waals surface area contributed by atoms with Crippen LogP contribution < -0.4 is 4.90 Å². The molecule has 0 N–H and O–H groups in total. The molecule has 3 atom stereocenters. The van der Waals surface area contributed by atoms with Gasteiger partial charge in [0, 0.05) is 48.2 Å². The third kappa shape index (κ3) is 5.49. The topological polar surface area (TPSA) is 26.8 Å². The van der Waals surface area contributed by atoms with Gasteiger partial charge in [0.2, 0.25) is 0 Å². The van der Waals surface area contributed by atoms with E-state index in [0.29, 0.717) is 18.1 Å². The van der Waals surface area contributed by atoms with E-state index in [1.807, 2.05) is 30.9 Å². The van der Waals surface area contributed by atoms with Crippen molar-refractivity contribution in [3.8, 4) is 0 Å². The summed E-state index contributed by atoms with van der Waals surface area (Å²) >= 11 is 0. The summed E-state index contributed by atoms with van der Waals surface area (Å²) in [6.07, 6.45) is 10.5. The Morgan fingerprint density at radius 2 is 1.44 bits per heavy atom. The average molecular weight is 462 g/mol. The van der Waals surface area contributed by atoms with Crippen LogP contribution in [0, 0.1) is 0 Å². The molecule has 0 aromatic heterocycles. The van der Waals surface area contributed by atoms with E-state index in [2.05, 4.69) is 59.2 Å². The first-order valence-corrected chi connectivity index (χ1v) is 13.7. The summed E-state index contributed by atoms with van der Waals surface area (Å²) in [6.45, 7) is 9.13. The molecular weight excluding hydrogens is 418 g/mol. The molecule has 4 nitrogen and oxygen atoms in total. The van der Waals surface area contributed by atoms with Crippen LogP contribution in [0.25, 0.3) is 0 Å². The van der Waals surface area contributed by atoms with Gasteiger partial charge >= 0.3 is 0 Å². The molecule has 4 heteroatoms. The number of para-hydroxylation sites is 1. The van der Waals surface area contributed by atoms with Crippen molar-refractivity contribution in [2.45, 2.75) is 90.3 Å². The van der Waals surface area contributed by atoms with Gasteiger partial charge in [0.05, 0.1) is 0 Å². The quantitative estimate of drug-likeness (QED) is 0.341. The summed E-state index contributed by atoms with van der Waals surface area (Å²) in [5.41, 5.74) is 3.23. The fourth-order valence-corrected chi connectivity index (χ4v) is 6.16. The van der Waals surface area contributed by atoms with Gasteiger partial charge in [0.15, 0.2) is 0 Å². The van der Waals surface area contributed by atoms with Gasteiger partial charge in [-0.1, -0.05) is 44.4 Å². The molecule has 184 valence electrons. The average Bonchev–Trinajstić information content (AvgIpc) is 3.10.